The van der Waals surface area contributed by atoms with E-state index in [9.17, 15) is 9.59 Å². The van der Waals surface area contributed by atoms with Crippen molar-refractivity contribution in [1.82, 2.24) is 10.2 Å². The van der Waals surface area contributed by atoms with Crippen LogP contribution < -0.4 is 10.6 Å². The van der Waals surface area contributed by atoms with E-state index >= 15 is 0 Å². The molecule has 0 aliphatic carbocycles. The van der Waals surface area contributed by atoms with Crippen LogP contribution in [0.25, 0.3) is 0 Å². The Kier molecular flexibility index (Phi) is 5.43. The minimum Gasteiger partial charge on any atom is -0.373 e. The van der Waals surface area contributed by atoms with Crippen molar-refractivity contribution < 1.29 is 14.3 Å². The fourth-order valence-corrected chi connectivity index (χ4v) is 3.91. The summed E-state index contributed by atoms with van der Waals surface area (Å²) in [4.78, 5) is 27.1. The highest BCUT2D eigenvalue weighted by molar-refractivity contribution is 8.00. The van der Waals surface area contributed by atoms with Crippen LogP contribution in [0.15, 0.2) is 23.1 Å². The third-order valence-electron chi connectivity index (χ3n) is 4.08. The number of benzene rings is 1. The first kappa shape index (κ1) is 17.3. The molecular weight excluding hydrogens is 326 g/mol. The van der Waals surface area contributed by atoms with Crippen LogP contribution >= 0.6 is 11.8 Å². The minimum absolute atomic E-state index is 0.0272. The highest BCUT2D eigenvalue weighted by Gasteiger charge is 2.22. The van der Waals surface area contributed by atoms with Gasteiger partial charge in [-0.05, 0) is 32.0 Å². The molecule has 130 valence electrons. The first-order valence-electron chi connectivity index (χ1n) is 8.24. The van der Waals surface area contributed by atoms with E-state index < -0.39 is 0 Å². The van der Waals surface area contributed by atoms with E-state index in [0.29, 0.717) is 17.9 Å². The zero-order valence-electron chi connectivity index (χ0n) is 14.0. The monoisotopic (exact) mass is 349 g/mol. The molecule has 2 N–H and O–H groups in total. The molecule has 0 radical (unpaired) electrons. The molecule has 1 saturated heterocycles. The second kappa shape index (κ2) is 7.55. The van der Waals surface area contributed by atoms with Gasteiger partial charge < -0.3 is 15.4 Å². The molecule has 0 spiro atoms. The van der Waals surface area contributed by atoms with Crippen LogP contribution in [-0.4, -0.2) is 60.9 Å². The average Bonchev–Trinajstić information content (AvgIpc) is 2.53. The number of nitrogens with zero attached hydrogens (tertiary/aromatic N) is 1. The molecule has 2 atom stereocenters. The molecule has 3 rings (SSSR count). The lowest BCUT2D eigenvalue weighted by Crippen LogP contribution is -2.47. The highest BCUT2D eigenvalue weighted by atomic mass is 32.2. The Morgan fingerprint density at radius 3 is 2.88 bits per heavy atom. The second-order valence-electron chi connectivity index (χ2n) is 6.32. The van der Waals surface area contributed by atoms with Crippen LogP contribution in [0.5, 0.6) is 0 Å². The number of carbonyl (C=O) groups is 2. The predicted molar refractivity (Wildman–Crippen MR) is 94.6 cm³/mol. The van der Waals surface area contributed by atoms with Gasteiger partial charge in [0.1, 0.15) is 0 Å². The maximum Gasteiger partial charge on any atom is 0.251 e. The average molecular weight is 349 g/mol. The number of anilines is 1. The first-order valence-corrected chi connectivity index (χ1v) is 9.22. The van der Waals surface area contributed by atoms with Gasteiger partial charge in [0.2, 0.25) is 5.91 Å². The Morgan fingerprint density at radius 2 is 2.12 bits per heavy atom. The molecule has 24 heavy (non-hydrogen) atoms. The van der Waals surface area contributed by atoms with E-state index in [1.54, 1.807) is 12.1 Å². The van der Waals surface area contributed by atoms with Gasteiger partial charge in [-0.2, -0.15) is 0 Å². The normalized spacial score (nSPS) is 24.2. The van der Waals surface area contributed by atoms with Gasteiger partial charge in [0, 0.05) is 36.6 Å². The molecular formula is C17H23N3O3S. The van der Waals surface area contributed by atoms with Crippen molar-refractivity contribution in [2.45, 2.75) is 31.0 Å². The molecule has 2 heterocycles. The lowest BCUT2D eigenvalue weighted by molar-refractivity contribution is -0.113. The molecule has 0 saturated carbocycles. The molecule has 2 aliphatic rings. The quantitative estimate of drug-likeness (QED) is 0.863. The first-order chi connectivity index (χ1) is 11.5. The number of amides is 2. The summed E-state index contributed by atoms with van der Waals surface area (Å²) in [5.41, 5.74) is 1.29. The highest BCUT2D eigenvalue weighted by Crippen LogP contribution is 2.31. The maximum absolute atomic E-state index is 12.3. The summed E-state index contributed by atoms with van der Waals surface area (Å²) in [5, 5.41) is 5.76. The van der Waals surface area contributed by atoms with Crippen molar-refractivity contribution in [1.29, 1.82) is 0 Å². The fraction of sp³-hybridized carbons (Fsp3) is 0.529. The Labute approximate surface area is 146 Å². The number of rotatable bonds is 4. The van der Waals surface area contributed by atoms with Crippen molar-refractivity contribution in [3.8, 4) is 0 Å². The van der Waals surface area contributed by atoms with Gasteiger partial charge >= 0.3 is 0 Å². The molecule has 6 nitrogen and oxygen atoms in total. The number of hydrogen-bond acceptors (Lipinski definition) is 5. The van der Waals surface area contributed by atoms with Gasteiger partial charge in [0.05, 0.1) is 23.6 Å². The van der Waals surface area contributed by atoms with E-state index in [1.807, 2.05) is 6.07 Å². The summed E-state index contributed by atoms with van der Waals surface area (Å²) in [6.45, 7) is 7.32. The van der Waals surface area contributed by atoms with Crippen LogP contribution in [0.2, 0.25) is 0 Å². The van der Waals surface area contributed by atoms with E-state index in [4.69, 9.17) is 4.74 Å². The van der Waals surface area contributed by atoms with Crippen molar-refractivity contribution in [2.75, 3.05) is 37.2 Å². The third-order valence-corrected chi connectivity index (χ3v) is 5.16. The van der Waals surface area contributed by atoms with Crippen LogP contribution in [0.1, 0.15) is 24.2 Å². The van der Waals surface area contributed by atoms with E-state index in [1.165, 1.54) is 11.8 Å². The largest absolute Gasteiger partial charge is 0.373 e. The van der Waals surface area contributed by atoms with Gasteiger partial charge in [-0.1, -0.05) is 0 Å². The minimum atomic E-state index is -0.114. The smallest absolute Gasteiger partial charge is 0.251 e. The van der Waals surface area contributed by atoms with Crippen molar-refractivity contribution in [3.05, 3.63) is 23.8 Å². The zero-order valence-corrected chi connectivity index (χ0v) is 14.8. The van der Waals surface area contributed by atoms with Crippen LogP contribution in [0.4, 0.5) is 5.69 Å². The lowest BCUT2D eigenvalue weighted by Gasteiger charge is -2.35. The summed E-state index contributed by atoms with van der Waals surface area (Å²) in [7, 11) is 0. The molecule has 7 heteroatoms. The number of thioether (sulfide) groups is 1. The van der Waals surface area contributed by atoms with E-state index in [-0.39, 0.29) is 24.0 Å². The third kappa shape index (κ3) is 4.28. The number of carbonyl (C=O) groups excluding carboxylic acids is 2. The second-order valence-corrected chi connectivity index (χ2v) is 7.34. The summed E-state index contributed by atoms with van der Waals surface area (Å²) < 4.78 is 5.71. The summed E-state index contributed by atoms with van der Waals surface area (Å²) in [5.74, 6) is 0.284. The number of hydrogen-bond donors (Lipinski definition) is 2. The molecule has 1 aromatic carbocycles. The van der Waals surface area contributed by atoms with Crippen molar-refractivity contribution in [3.63, 3.8) is 0 Å². The Morgan fingerprint density at radius 1 is 1.38 bits per heavy atom. The molecule has 2 amide bonds. The fourth-order valence-electron chi connectivity index (χ4n) is 3.12. The maximum atomic E-state index is 12.3. The summed E-state index contributed by atoms with van der Waals surface area (Å²) in [6.07, 6.45) is 0.456. The van der Waals surface area contributed by atoms with Gasteiger partial charge in [0.15, 0.2) is 0 Å². The molecule has 0 bridgehead atoms. The SMILES string of the molecule is CC1CN(CCNC(=O)c2ccc3c(c2)NC(=O)CS3)CC(C)O1. The number of nitrogens with one attached hydrogen (secondary N) is 2. The van der Waals surface area contributed by atoms with E-state index in [0.717, 1.165) is 30.2 Å². The Hall–Kier alpha value is -1.57. The topological polar surface area (TPSA) is 70.7 Å². The molecule has 1 aromatic rings. The predicted octanol–water partition coefficient (Wildman–Crippen LogP) is 1.57. The number of fused-ring (bicyclic) bond motifs is 1. The van der Waals surface area contributed by atoms with Crippen molar-refractivity contribution >= 4 is 29.3 Å². The van der Waals surface area contributed by atoms with E-state index in [2.05, 4.69) is 29.4 Å². The van der Waals surface area contributed by atoms with Gasteiger partial charge in [0.25, 0.3) is 5.91 Å². The van der Waals surface area contributed by atoms with Crippen LogP contribution in [-0.2, 0) is 9.53 Å². The number of morpholine rings is 1. The van der Waals surface area contributed by atoms with Gasteiger partial charge in [-0.15, -0.1) is 11.8 Å². The Bertz CT molecular complexity index is 628. The van der Waals surface area contributed by atoms with Crippen LogP contribution in [0.3, 0.4) is 0 Å². The molecule has 2 aliphatic heterocycles. The standard InChI is InChI=1S/C17H23N3O3S/c1-11-8-20(9-12(2)23-11)6-5-18-17(22)13-3-4-15-14(7-13)19-16(21)10-24-15/h3-4,7,11-12H,5-6,8-10H2,1-2H3,(H,18,22)(H,19,21). The van der Waals surface area contributed by atoms with Gasteiger partial charge in [-0.3, -0.25) is 14.5 Å². The van der Waals surface area contributed by atoms with Crippen molar-refractivity contribution in [2.24, 2.45) is 0 Å². The molecule has 0 aromatic heterocycles. The zero-order chi connectivity index (χ0) is 17.1. The summed E-state index contributed by atoms with van der Waals surface area (Å²) in [6, 6.07) is 5.44. The number of ether oxygens (including phenoxy) is 1. The molecule has 2 unspecified atom stereocenters. The Balaban J connectivity index is 1.52. The lowest BCUT2D eigenvalue weighted by atomic mass is 10.2. The summed E-state index contributed by atoms with van der Waals surface area (Å²) >= 11 is 1.49. The van der Waals surface area contributed by atoms with Crippen LogP contribution in [0, 0.1) is 0 Å². The van der Waals surface area contributed by atoms with Gasteiger partial charge in [-0.25, -0.2) is 0 Å². The molecule has 1 fully saturated rings.